The minimum Gasteiger partial charge on any atom is -0.381 e. The molecular formula is C14H17Cl2NO. The van der Waals surface area contributed by atoms with Gasteiger partial charge in [-0.25, -0.2) is 0 Å². The van der Waals surface area contributed by atoms with Crippen LogP contribution in [0, 0.1) is 5.92 Å². The normalized spacial score (nSPS) is 34.8. The molecule has 2 aliphatic rings. The number of rotatable bonds is 2. The van der Waals surface area contributed by atoms with Crippen LogP contribution in [0.3, 0.4) is 0 Å². The second kappa shape index (κ2) is 4.68. The molecule has 0 bridgehead atoms. The van der Waals surface area contributed by atoms with Crippen LogP contribution in [-0.2, 0) is 10.2 Å². The van der Waals surface area contributed by atoms with E-state index in [-0.39, 0.29) is 5.41 Å². The predicted octanol–water partition coefficient (Wildman–Crippen LogP) is 3.26. The highest BCUT2D eigenvalue weighted by atomic mass is 35.5. The molecule has 1 saturated carbocycles. The Morgan fingerprint density at radius 2 is 2.17 bits per heavy atom. The topological polar surface area (TPSA) is 21.3 Å². The molecule has 3 atom stereocenters. The third-order valence-corrected chi connectivity index (χ3v) is 5.32. The fourth-order valence-corrected chi connectivity index (χ4v) is 3.90. The van der Waals surface area contributed by atoms with E-state index >= 15 is 0 Å². The minimum atomic E-state index is 0.176. The lowest BCUT2D eigenvalue weighted by Crippen LogP contribution is -2.31. The van der Waals surface area contributed by atoms with Crippen LogP contribution in [0.4, 0.5) is 0 Å². The van der Waals surface area contributed by atoms with Gasteiger partial charge in [-0.2, -0.15) is 0 Å². The predicted molar refractivity (Wildman–Crippen MR) is 74.5 cm³/mol. The molecule has 4 heteroatoms. The fourth-order valence-electron chi connectivity index (χ4n) is 3.60. The maximum atomic E-state index is 6.17. The summed E-state index contributed by atoms with van der Waals surface area (Å²) in [5.74, 6) is 0.639. The molecule has 1 heterocycles. The van der Waals surface area contributed by atoms with Gasteiger partial charge >= 0.3 is 0 Å². The van der Waals surface area contributed by atoms with Crippen LogP contribution in [0.15, 0.2) is 18.2 Å². The van der Waals surface area contributed by atoms with Gasteiger partial charge in [0.25, 0.3) is 0 Å². The number of halogens is 2. The van der Waals surface area contributed by atoms with Gasteiger partial charge in [0.2, 0.25) is 0 Å². The summed E-state index contributed by atoms with van der Waals surface area (Å²) in [5.41, 5.74) is 1.47. The van der Waals surface area contributed by atoms with Gasteiger partial charge in [0.15, 0.2) is 0 Å². The second-order valence-electron chi connectivity index (χ2n) is 5.41. The van der Waals surface area contributed by atoms with Crippen molar-refractivity contribution in [2.45, 2.75) is 24.4 Å². The Morgan fingerprint density at radius 1 is 1.33 bits per heavy atom. The molecule has 98 valence electrons. The van der Waals surface area contributed by atoms with E-state index in [0.717, 1.165) is 25.9 Å². The van der Waals surface area contributed by atoms with E-state index in [4.69, 9.17) is 27.9 Å². The van der Waals surface area contributed by atoms with Gasteiger partial charge in [-0.3, -0.25) is 0 Å². The number of nitrogens with one attached hydrogen (secondary N) is 1. The monoisotopic (exact) mass is 285 g/mol. The number of hydrogen-bond donors (Lipinski definition) is 1. The Kier molecular flexibility index (Phi) is 3.31. The van der Waals surface area contributed by atoms with Gasteiger partial charge in [0.1, 0.15) is 0 Å². The fraction of sp³-hybridized carbons (Fsp3) is 0.571. The molecule has 0 amide bonds. The summed E-state index contributed by atoms with van der Waals surface area (Å²) < 4.78 is 5.56. The molecule has 0 aromatic heterocycles. The van der Waals surface area contributed by atoms with Crippen LogP contribution in [0.5, 0.6) is 0 Å². The highest BCUT2D eigenvalue weighted by Gasteiger charge is 2.51. The highest BCUT2D eigenvalue weighted by Crippen LogP contribution is 2.49. The van der Waals surface area contributed by atoms with Crippen molar-refractivity contribution in [2.75, 3.05) is 20.2 Å². The first-order valence-electron chi connectivity index (χ1n) is 6.35. The van der Waals surface area contributed by atoms with Crippen molar-refractivity contribution < 1.29 is 4.74 Å². The molecule has 18 heavy (non-hydrogen) atoms. The van der Waals surface area contributed by atoms with Crippen LogP contribution >= 0.6 is 23.2 Å². The zero-order chi connectivity index (χ0) is 12.8. The van der Waals surface area contributed by atoms with Crippen molar-refractivity contribution in [2.24, 2.45) is 5.92 Å². The maximum absolute atomic E-state index is 6.17. The van der Waals surface area contributed by atoms with Gasteiger partial charge < -0.3 is 10.1 Å². The Bertz CT molecular complexity index is 465. The summed E-state index contributed by atoms with van der Waals surface area (Å²) >= 11 is 12.2. The zero-order valence-electron chi connectivity index (χ0n) is 10.4. The zero-order valence-corrected chi connectivity index (χ0v) is 11.9. The van der Waals surface area contributed by atoms with Gasteiger partial charge in [0.05, 0.1) is 16.1 Å². The van der Waals surface area contributed by atoms with Crippen LogP contribution in [0.1, 0.15) is 18.4 Å². The van der Waals surface area contributed by atoms with Gasteiger partial charge in [-0.05, 0) is 43.0 Å². The van der Waals surface area contributed by atoms with E-state index in [0.29, 0.717) is 22.1 Å². The second-order valence-corrected chi connectivity index (χ2v) is 6.22. The first-order valence-corrected chi connectivity index (χ1v) is 7.10. The summed E-state index contributed by atoms with van der Waals surface area (Å²) in [6.07, 6.45) is 2.56. The van der Waals surface area contributed by atoms with Crippen LogP contribution in [0.25, 0.3) is 0 Å². The molecule has 2 fully saturated rings. The Balaban J connectivity index is 1.99. The van der Waals surface area contributed by atoms with E-state index in [9.17, 15) is 0 Å². The van der Waals surface area contributed by atoms with E-state index in [1.807, 2.05) is 19.2 Å². The lowest BCUT2D eigenvalue weighted by atomic mass is 9.74. The molecule has 3 rings (SSSR count). The van der Waals surface area contributed by atoms with Crippen LogP contribution < -0.4 is 5.32 Å². The Morgan fingerprint density at radius 3 is 2.89 bits per heavy atom. The maximum Gasteiger partial charge on any atom is 0.0595 e. The molecule has 1 aliphatic heterocycles. The van der Waals surface area contributed by atoms with Crippen molar-refractivity contribution in [3.05, 3.63) is 33.8 Å². The lowest BCUT2D eigenvalue weighted by molar-refractivity contribution is 0.100. The molecular weight excluding hydrogens is 269 g/mol. The molecule has 1 N–H and O–H groups in total. The number of hydrogen-bond acceptors (Lipinski definition) is 2. The Labute approximate surface area is 118 Å². The number of fused-ring (bicyclic) bond motifs is 1. The lowest BCUT2D eigenvalue weighted by Gasteiger charge is -2.29. The largest absolute Gasteiger partial charge is 0.381 e. The molecule has 1 saturated heterocycles. The van der Waals surface area contributed by atoms with E-state index in [1.54, 1.807) is 0 Å². The third-order valence-electron chi connectivity index (χ3n) is 4.58. The summed E-state index contributed by atoms with van der Waals surface area (Å²) in [5, 5.41) is 4.78. The third kappa shape index (κ3) is 1.87. The molecule has 1 aromatic rings. The van der Waals surface area contributed by atoms with Crippen LogP contribution in [-0.4, -0.2) is 26.3 Å². The quantitative estimate of drug-likeness (QED) is 0.901. The SMILES string of the molecule is CO[C@H]1CC2CNCC2(c2ccc(Cl)c(Cl)c2)C1. The summed E-state index contributed by atoms with van der Waals surface area (Å²) in [6.45, 7) is 2.08. The first-order chi connectivity index (χ1) is 8.65. The highest BCUT2D eigenvalue weighted by molar-refractivity contribution is 6.42. The summed E-state index contributed by atoms with van der Waals surface area (Å²) in [7, 11) is 1.81. The standard InChI is InChI=1S/C14H17Cl2NO/c1-18-11-4-10-7-17-8-14(10,6-11)9-2-3-12(15)13(16)5-9/h2-3,5,10-11,17H,4,6-8H2,1H3/t10?,11-,14?/m0/s1. The summed E-state index contributed by atoms with van der Waals surface area (Å²) in [6, 6.07) is 6.05. The molecule has 1 aromatic carbocycles. The molecule has 1 aliphatic carbocycles. The average Bonchev–Trinajstić information content (AvgIpc) is 2.89. The van der Waals surface area contributed by atoms with E-state index in [1.165, 1.54) is 5.56 Å². The first kappa shape index (κ1) is 12.7. The summed E-state index contributed by atoms with van der Waals surface area (Å²) in [4.78, 5) is 0. The van der Waals surface area contributed by atoms with E-state index < -0.39 is 0 Å². The van der Waals surface area contributed by atoms with E-state index in [2.05, 4.69) is 11.4 Å². The van der Waals surface area contributed by atoms with Crippen LogP contribution in [0.2, 0.25) is 10.0 Å². The van der Waals surface area contributed by atoms with Crippen molar-refractivity contribution in [3.63, 3.8) is 0 Å². The van der Waals surface area contributed by atoms with Crippen molar-refractivity contribution >= 4 is 23.2 Å². The van der Waals surface area contributed by atoms with Crippen molar-refractivity contribution in [3.8, 4) is 0 Å². The number of ether oxygens (including phenoxy) is 1. The van der Waals surface area contributed by atoms with Crippen molar-refractivity contribution in [1.29, 1.82) is 0 Å². The number of benzene rings is 1. The number of methoxy groups -OCH3 is 1. The molecule has 0 spiro atoms. The average molecular weight is 286 g/mol. The Hall–Kier alpha value is -0.280. The smallest absolute Gasteiger partial charge is 0.0595 e. The van der Waals surface area contributed by atoms with Gasteiger partial charge in [-0.1, -0.05) is 29.3 Å². The van der Waals surface area contributed by atoms with Crippen molar-refractivity contribution in [1.82, 2.24) is 5.32 Å². The molecule has 2 nitrogen and oxygen atoms in total. The minimum absolute atomic E-state index is 0.176. The molecule has 2 unspecified atom stereocenters. The van der Waals surface area contributed by atoms with Gasteiger partial charge in [0, 0.05) is 19.1 Å². The molecule has 0 radical (unpaired) electrons. The van der Waals surface area contributed by atoms with Gasteiger partial charge in [-0.15, -0.1) is 0 Å².